The molecule has 126 valence electrons. The first-order chi connectivity index (χ1) is 11.1. The van der Waals surface area contributed by atoms with E-state index in [0.717, 1.165) is 18.7 Å². The van der Waals surface area contributed by atoms with E-state index in [1.807, 2.05) is 6.07 Å². The first-order valence-corrected chi connectivity index (χ1v) is 8.69. The molecule has 2 amide bonds. The summed E-state index contributed by atoms with van der Waals surface area (Å²) in [6.45, 7) is 3.27. The van der Waals surface area contributed by atoms with Gasteiger partial charge < -0.3 is 15.3 Å². The van der Waals surface area contributed by atoms with Crippen LogP contribution in [0.5, 0.6) is 0 Å². The monoisotopic (exact) mass is 357 g/mol. The fourth-order valence-corrected chi connectivity index (χ4v) is 3.72. The summed E-state index contributed by atoms with van der Waals surface area (Å²) in [4.78, 5) is 16.3. The zero-order chi connectivity index (χ0) is 16.4. The van der Waals surface area contributed by atoms with Crippen LogP contribution < -0.4 is 5.32 Å². The summed E-state index contributed by atoms with van der Waals surface area (Å²) in [5.41, 5.74) is 0.781. The molecule has 2 unspecified atom stereocenters. The summed E-state index contributed by atoms with van der Waals surface area (Å²) in [5.74, 6) is 0. The van der Waals surface area contributed by atoms with Gasteiger partial charge in [0.15, 0.2) is 0 Å². The maximum Gasteiger partial charge on any atom is 0.317 e. The maximum absolute atomic E-state index is 12.3. The zero-order valence-electron chi connectivity index (χ0n) is 12.8. The first kappa shape index (κ1) is 16.8. The van der Waals surface area contributed by atoms with Crippen LogP contribution in [0.3, 0.4) is 0 Å². The van der Waals surface area contributed by atoms with Gasteiger partial charge in [0.2, 0.25) is 0 Å². The SMILES string of the molecule is O=C(NCc1cccc(Cl)c1Cl)N1CC(O)C(N2CCCC2)C1. The van der Waals surface area contributed by atoms with Gasteiger partial charge in [-0.05, 0) is 37.6 Å². The van der Waals surface area contributed by atoms with Crippen molar-refractivity contribution in [1.82, 2.24) is 15.1 Å². The molecule has 0 bridgehead atoms. The first-order valence-electron chi connectivity index (χ1n) is 7.94. The molecule has 0 aliphatic carbocycles. The van der Waals surface area contributed by atoms with Gasteiger partial charge in [0, 0.05) is 19.6 Å². The molecule has 2 fully saturated rings. The van der Waals surface area contributed by atoms with Crippen molar-refractivity contribution in [3.05, 3.63) is 33.8 Å². The molecule has 23 heavy (non-hydrogen) atoms. The molecular formula is C16H21Cl2N3O2. The lowest BCUT2D eigenvalue weighted by molar-refractivity contribution is 0.0980. The number of urea groups is 1. The second-order valence-electron chi connectivity index (χ2n) is 6.15. The van der Waals surface area contributed by atoms with Crippen LogP contribution in [0.25, 0.3) is 0 Å². The quantitative estimate of drug-likeness (QED) is 0.872. The number of amides is 2. The van der Waals surface area contributed by atoms with Crippen molar-refractivity contribution >= 4 is 29.2 Å². The Balaban J connectivity index is 1.55. The lowest BCUT2D eigenvalue weighted by Crippen LogP contribution is -2.42. The summed E-state index contributed by atoms with van der Waals surface area (Å²) in [6, 6.07) is 5.23. The standard InChI is InChI=1S/C16H21Cl2N3O2/c17-12-5-3-4-11(15(12)18)8-19-16(23)21-9-13(14(22)10-21)20-6-1-2-7-20/h3-5,13-14,22H,1-2,6-10H2,(H,19,23). The van der Waals surface area contributed by atoms with Crippen LogP contribution in [0.1, 0.15) is 18.4 Å². The minimum atomic E-state index is -0.478. The second-order valence-corrected chi connectivity index (χ2v) is 6.94. The number of β-amino-alcohol motifs (C(OH)–C–C–N with tert-alkyl or cyclic N) is 1. The largest absolute Gasteiger partial charge is 0.390 e. The number of aliphatic hydroxyl groups excluding tert-OH is 1. The molecule has 7 heteroatoms. The van der Waals surface area contributed by atoms with E-state index in [-0.39, 0.29) is 12.1 Å². The van der Waals surface area contributed by atoms with Crippen LogP contribution in [0.4, 0.5) is 4.79 Å². The smallest absolute Gasteiger partial charge is 0.317 e. The van der Waals surface area contributed by atoms with Gasteiger partial charge in [-0.1, -0.05) is 35.3 Å². The third-order valence-electron chi connectivity index (χ3n) is 4.62. The fraction of sp³-hybridized carbons (Fsp3) is 0.562. The van der Waals surface area contributed by atoms with E-state index in [0.29, 0.717) is 29.7 Å². The lowest BCUT2D eigenvalue weighted by Gasteiger charge is -2.25. The maximum atomic E-state index is 12.3. The normalized spacial score (nSPS) is 25.1. The summed E-state index contributed by atoms with van der Waals surface area (Å²) in [7, 11) is 0. The lowest BCUT2D eigenvalue weighted by atomic mass is 10.2. The Morgan fingerprint density at radius 2 is 2.00 bits per heavy atom. The van der Waals surface area contributed by atoms with E-state index < -0.39 is 6.10 Å². The second kappa shape index (κ2) is 7.26. The Labute approximate surface area is 146 Å². The number of carbonyl (C=O) groups is 1. The molecule has 5 nitrogen and oxygen atoms in total. The predicted octanol–water partition coefficient (Wildman–Crippen LogP) is 2.34. The third-order valence-corrected chi connectivity index (χ3v) is 5.48. The molecule has 2 heterocycles. The fourth-order valence-electron chi connectivity index (χ4n) is 3.33. The molecule has 1 aromatic rings. The molecule has 2 N–H and O–H groups in total. The highest BCUT2D eigenvalue weighted by molar-refractivity contribution is 6.42. The van der Waals surface area contributed by atoms with Crippen molar-refractivity contribution < 1.29 is 9.90 Å². The van der Waals surface area contributed by atoms with Gasteiger partial charge >= 0.3 is 6.03 Å². The molecule has 0 saturated carbocycles. The number of nitrogens with zero attached hydrogens (tertiary/aromatic N) is 2. The van der Waals surface area contributed by atoms with Gasteiger partial charge in [0.1, 0.15) is 0 Å². The number of nitrogens with one attached hydrogen (secondary N) is 1. The van der Waals surface area contributed by atoms with Crippen molar-refractivity contribution in [1.29, 1.82) is 0 Å². The topological polar surface area (TPSA) is 55.8 Å². The molecule has 2 aliphatic heterocycles. The van der Waals surface area contributed by atoms with Crippen LogP contribution >= 0.6 is 23.2 Å². The van der Waals surface area contributed by atoms with Crippen LogP contribution in [0, 0.1) is 0 Å². The highest BCUT2D eigenvalue weighted by Gasteiger charge is 2.38. The van der Waals surface area contributed by atoms with Crippen molar-refractivity contribution in [3.63, 3.8) is 0 Å². The Hall–Kier alpha value is -1.01. The zero-order valence-corrected chi connectivity index (χ0v) is 14.4. The highest BCUT2D eigenvalue weighted by atomic mass is 35.5. The molecule has 2 saturated heterocycles. The Morgan fingerprint density at radius 1 is 1.26 bits per heavy atom. The van der Waals surface area contributed by atoms with Crippen molar-refractivity contribution in [2.75, 3.05) is 26.2 Å². The average molecular weight is 358 g/mol. The summed E-state index contributed by atoms with van der Waals surface area (Å²) in [5, 5.41) is 14.0. The number of benzene rings is 1. The Kier molecular flexibility index (Phi) is 5.31. The Morgan fingerprint density at radius 3 is 2.74 bits per heavy atom. The van der Waals surface area contributed by atoms with Crippen LogP contribution in [0.15, 0.2) is 18.2 Å². The summed E-state index contributed by atoms with van der Waals surface area (Å²) in [6.07, 6.45) is 1.86. The number of rotatable bonds is 3. The van der Waals surface area contributed by atoms with E-state index in [1.54, 1.807) is 17.0 Å². The number of halogens is 2. The molecule has 0 spiro atoms. The van der Waals surface area contributed by atoms with Gasteiger partial charge in [-0.2, -0.15) is 0 Å². The summed E-state index contributed by atoms with van der Waals surface area (Å²) < 4.78 is 0. The minimum Gasteiger partial charge on any atom is -0.390 e. The number of hydrogen-bond donors (Lipinski definition) is 2. The number of aliphatic hydroxyl groups is 1. The van der Waals surface area contributed by atoms with Gasteiger partial charge in [-0.15, -0.1) is 0 Å². The van der Waals surface area contributed by atoms with Crippen LogP contribution in [-0.4, -0.2) is 59.3 Å². The van der Waals surface area contributed by atoms with Gasteiger partial charge in [-0.3, -0.25) is 4.90 Å². The molecule has 0 radical (unpaired) electrons. The molecule has 1 aromatic carbocycles. The average Bonchev–Trinajstić information content (AvgIpc) is 3.17. The van der Waals surface area contributed by atoms with Gasteiger partial charge in [0.25, 0.3) is 0 Å². The van der Waals surface area contributed by atoms with Gasteiger partial charge in [0.05, 0.1) is 22.2 Å². The number of likely N-dealkylation sites (tertiary alicyclic amines) is 2. The van der Waals surface area contributed by atoms with E-state index in [4.69, 9.17) is 23.2 Å². The number of hydrogen-bond acceptors (Lipinski definition) is 3. The number of carbonyl (C=O) groups excluding carboxylic acids is 1. The Bertz CT molecular complexity index is 578. The molecular weight excluding hydrogens is 337 g/mol. The third kappa shape index (κ3) is 3.74. The van der Waals surface area contributed by atoms with Crippen LogP contribution in [0.2, 0.25) is 10.0 Å². The van der Waals surface area contributed by atoms with E-state index >= 15 is 0 Å². The van der Waals surface area contributed by atoms with E-state index in [9.17, 15) is 9.90 Å². The minimum absolute atomic E-state index is 0.0537. The van der Waals surface area contributed by atoms with Gasteiger partial charge in [-0.25, -0.2) is 4.79 Å². The van der Waals surface area contributed by atoms with Crippen LogP contribution in [-0.2, 0) is 6.54 Å². The predicted molar refractivity (Wildman–Crippen MR) is 90.9 cm³/mol. The molecule has 3 rings (SSSR count). The van der Waals surface area contributed by atoms with E-state index in [2.05, 4.69) is 10.2 Å². The highest BCUT2D eigenvalue weighted by Crippen LogP contribution is 2.25. The van der Waals surface area contributed by atoms with Crippen molar-refractivity contribution in [3.8, 4) is 0 Å². The van der Waals surface area contributed by atoms with Crippen molar-refractivity contribution in [2.45, 2.75) is 31.5 Å². The summed E-state index contributed by atoms with van der Waals surface area (Å²) >= 11 is 12.1. The molecule has 0 aromatic heterocycles. The molecule has 2 aliphatic rings. The molecule has 2 atom stereocenters. The van der Waals surface area contributed by atoms with Crippen molar-refractivity contribution in [2.24, 2.45) is 0 Å². The van der Waals surface area contributed by atoms with E-state index in [1.165, 1.54) is 12.8 Å².